The van der Waals surface area contributed by atoms with Gasteiger partial charge in [0.05, 0.1) is 5.69 Å². The summed E-state index contributed by atoms with van der Waals surface area (Å²) in [7, 11) is 0. The molecule has 0 aliphatic carbocycles. The molecule has 3 aliphatic rings. The summed E-state index contributed by atoms with van der Waals surface area (Å²) in [5.74, 6) is 0.698. The van der Waals surface area contributed by atoms with Crippen molar-refractivity contribution < 1.29 is 9.13 Å². The Morgan fingerprint density at radius 1 is 1.15 bits per heavy atom. The van der Waals surface area contributed by atoms with Crippen molar-refractivity contribution in [3.63, 3.8) is 0 Å². The van der Waals surface area contributed by atoms with Gasteiger partial charge in [0, 0.05) is 42.3 Å². The van der Waals surface area contributed by atoms with Gasteiger partial charge in [-0.05, 0) is 42.7 Å². The summed E-state index contributed by atoms with van der Waals surface area (Å²) in [5, 5.41) is 12.5. The van der Waals surface area contributed by atoms with Crippen molar-refractivity contribution in [2.75, 3.05) is 13.1 Å². The Bertz CT molecular complexity index is 1000. The Hall–Kier alpha value is -2.89. The molecule has 0 radical (unpaired) electrons. The van der Waals surface area contributed by atoms with E-state index in [1.807, 2.05) is 24.4 Å². The van der Waals surface area contributed by atoms with Crippen molar-refractivity contribution in [3.8, 4) is 5.75 Å². The molecule has 0 bridgehead atoms. The molecule has 5 nitrogen and oxygen atoms in total. The maximum Gasteiger partial charge on any atom is 0.172 e. The highest BCUT2D eigenvalue weighted by molar-refractivity contribution is 5.52. The summed E-state index contributed by atoms with van der Waals surface area (Å²) >= 11 is 0. The van der Waals surface area contributed by atoms with Gasteiger partial charge < -0.3 is 9.64 Å². The molecule has 3 heterocycles. The monoisotopic (exact) mass is 350 g/mol. The summed E-state index contributed by atoms with van der Waals surface area (Å²) in [6.07, 6.45) is 7.24. The van der Waals surface area contributed by atoms with Crippen molar-refractivity contribution in [2.45, 2.75) is 25.5 Å². The van der Waals surface area contributed by atoms with Gasteiger partial charge in [0.2, 0.25) is 0 Å². The van der Waals surface area contributed by atoms with Crippen LogP contribution >= 0.6 is 0 Å². The predicted octanol–water partition coefficient (Wildman–Crippen LogP) is 2.67. The van der Waals surface area contributed by atoms with Gasteiger partial charge in [-0.15, -0.1) is 5.11 Å². The number of hydrogen-bond donors (Lipinski definition) is 0. The van der Waals surface area contributed by atoms with Crippen LogP contribution in [0.1, 0.15) is 18.4 Å². The van der Waals surface area contributed by atoms with Crippen LogP contribution in [0.3, 0.4) is 0 Å². The van der Waals surface area contributed by atoms with E-state index >= 15 is 0 Å². The molecule has 1 atom stereocenters. The van der Waals surface area contributed by atoms with E-state index in [0.717, 1.165) is 46.8 Å². The molecule has 1 fully saturated rings. The zero-order valence-corrected chi connectivity index (χ0v) is 14.3. The van der Waals surface area contributed by atoms with Gasteiger partial charge in [-0.2, -0.15) is 0 Å². The first-order valence-electron chi connectivity index (χ1n) is 8.97. The highest BCUT2D eigenvalue weighted by Crippen LogP contribution is 2.24. The van der Waals surface area contributed by atoms with Crippen LogP contribution in [0.15, 0.2) is 46.7 Å². The van der Waals surface area contributed by atoms with E-state index in [0.29, 0.717) is 13.0 Å². The topological polar surface area (TPSA) is 40.4 Å². The number of rotatable bonds is 3. The number of nitrogens with zero attached hydrogens (tertiary/aromatic N) is 4. The molecular formula is C20H19FN4O. The fourth-order valence-corrected chi connectivity index (χ4v) is 3.69. The average molecular weight is 350 g/mol. The van der Waals surface area contributed by atoms with Crippen molar-refractivity contribution >= 4 is 18.1 Å². The van der Waals surface area contributed by atoms with Gasteiger partial charge in [-0.25, -0.2) is 4.39 Å². The number of benzene rings is 2. The second-order valence-electron chi connectivity index (χ2n) is 6.89. The number of halogens is 1. The number of fused-ring (bicyclic) bond motifs is 3. The summed E-state index contributed by atoms with van der Waals surface area (Å²) < 4.78 is 19.4. The predicted molar refractivity (Wildman–Crippen MR) is 96.3 cm³/mol. The van der Waals surface area contributed by atoms with E-state index in [2.05, 4.69) is 21.4 Å². The molecule has 6 heteroatoms. The molecular weight excluding hydrogens is 331 g/mol. The third-order valence-corrected chi connectivity index (χ3v) is 5.04. The summed E-state index contributed by atoms with van der Waals surface area (Å²) in [6.45, 7) is 1.69. The lowest BCUT2D eigenvalue weighted by molar-refractivity contribution is 0.0985. The van der Waals surface area contributed by atoms with Crippen LogP contribution in [0, 0.1) is 5.82 Å². The lowest BCUT2D eigenvalue weighted by Crippen LogP contribution is -2.37. The Morgan fingerprint density at radius 2 is 2.12 bits per heavy atom. The molecule has 26 heavy (non-hydrogen) atoms. The smallest absolute Gasteiger partial charge is 0.172 e. The third-order valence-electron chi connectivity index (χ3n) is 5.04. The molecule has 0 saturated carbocycles. The molecule has 5 rings (SSSR count). The van der Waals surface area contributed by atoms with Gasteiger partial charge >= 0.3 is 0 Å². The fraction of sp³-hybridized carbons (Fsp3) is 0.300. The summed E-state index contributed by atoms with van der Waals surface area (Å²) in [6, 6.07) is 10.7. The van der Waals surface area contributed by atoms with Crippen molar-refractivity contribution in [3.05, 3.63) is 58.2 Å². The highest BCUT2D eigenvalue weighted by atomic mass is 19.1. The lowest BCUT2D eigenvalue weighted by Gasteiger charge is -2.28. The van der Waals surface area contributed by atoms with Crippen LogP contribution in [0.5, 0.6) is 5.75 Å². The Kier molecular flexibility index (Phi) is 3.62. The molecule has 2 aromatic rings. The molecule has 132 valence electrons. The van der Waals surface area contributed by atoms with E-state index in [9.17, 15) is 4.39 Å². The van der Waals surface area contributed by atoms with Crippen LogP contribution in [0.2, 0.25) is 0 Å². The largest absolute Gasteiger partial charge is 0.470 e. The minimum Gasteiger partial charge on any atom is -0.470 e. The van der Waals surface area contributed by atoms with Crippen molar-refractivity contribution in [1.29, 1.82) is 0 Å². The Balaban J connectivity index is 1.39. The van der Waals surface area contributed by atoms with Gasteiger partial charge in [-0.1, -0.05) is 17.4 Å². The molecule has 1 saturated heterocycles. The molecule has 0 N–H and O–H groups in total. The van der Waals surface area contributed by atoms with Gasteiger partial charge in [0.1, 0.15) is 11.6 Å². The third kappa shape index (κ3) is 2.81. The van der Waals surface area contributed by atoms with Crippen LogP contribution in [-0.4, -0.2) is 29.2 Å². The van der Waals surface area contributed by atoms with Crippen molar-refractivity contribution in [1.82, 2.24) is 9.91 Å². The fourth-order valence-electron chi connectivity index (χ4n) is 3.69. The molecule has 1 unspecified atom stereocenters. The maximum atomic E-state index is 13.3. The minimum atomic E-state index is -0.210. The lowest BCUT2D eigenvalue weighted by atomic mass is 10.1. The number of ether oxygens (including phenoxy) is 1. The summed E-state index contributed by atoms with van der Waals surface area (Å²) in [4.78, 5) is 2.25. The van der Waals surface area contributed by atoms with E-state index in [4.69, 9.17) is 4.74 Å². The molecule has 2 aromatic carbocycles. The van der Waals surface area contributed by atoms with E-state index < -0.39 is 0 Å². The zero-order valence-electron chi connectivity index (χ0n) is 14.3. The number of hydrogen-bond acceptors (Lipinski definition) is 5. The molecule has 0 amide bonds. The van der Waals surface area contributed by atoms with Gasteiger partial charge in [0.25, 0.3) is 0 Å². The Labute approximate surface area is 150 Å². The summed E-state index contributed by atoms with van der Waals surface area (Å²) in [5.41, 5.74) is 1.80. The second kappa shape index (κ2) is 6.12. The molecule has 0 spiro atoms. The highest BCUT2D eigenvalue weighted by Gasteiger charge is 2.27. The molecule has 3 aliphatic heterocycles. The van der Waals surface area contributed by atoms with Crippen molar-refractivity contribution in [2.24, 2.45) is 10.3 Å². The average Bonchev–Trinajstić information content (AvgIpc) is 3.10. The van der Waals surface area contributed by atoms with E-state index in [1.54, 1.807) is 17.1 Å². The standard InChI is InChI=1S/C20H19FN4O/c21-17-4-1-3-14(9-17)6-8-25-13-15-11-19-16(10-18(15)22-23-25)12-24-7-2-5-20(24)26-19/h1,3-4,9-13,20H,2,5-8H2. The normalized spacial score (nSPS) is 19.8. The van der Waals surface area contributed by atoms with Crippen LogP contribution in [0.4, 0.5) is 10.1 Å². The first-order valence-corrected chi connectivity index (χ1v) is 8.97. The zero-order chi connectivity index (χ0) is 17.5. The SMILES string of the molecule is Fc1cccc(CCN2C=c3cc4c(cc3N=N2)=CN2CCCC2O4)c1. The first kappa shape index (κ1) is 15.4. The van der Waals surface area contributed by atoms with Crippen LogP contribution in [-0.2, 0) is 6.42 Å². The second-order valence-corrected chi connectivity index (χ2v) is 6.89. The van der Waals surface area contributed by atoms with Gasteiger partial charge in [-0.3, -0.25) is 5.01 Å². The minimum absolute atomic E-state index is 0.162. The van der Waals surface area contributed by atoms with E-state index in [1.165, 1.54) is 6.07 Å². The van der Waals surface area contributed by atoms with Crippen LogP contribution < -0.4 is 15.2 Å². The molecule has 0 aromatic heterocycles. The maximum absolute atomic E-state index is 13.3. The van der Waals surface area contributed by atoms with Gasteiger partial charge in [0.15, 0.2) is 6.23 Å². The Morgan fingerprint density at radius 3 is 3.04 bits per heavy atom. The van der Waals surface area contributed by atoms with Crippen LogP contribution in [0.25, 0.3) is 12.4 Å². The first-order chi connectivity index (χ1) is 12.7. The van der Waals surface area contributed by atoms with E-state index in [-0.39, 0.29) is 12.0 Å². The quantitative estimate of drug-likeness (QED) is 0.855.